The normalized spacial score (nSPS) is 20.8. The molecule has 110 valence electrons. The van der Waals surface area contributed by atoms with Crippen molar-refractivity contribution >= 4 is 11.4 Å². The van der Waals surface area contributed by atoms with Gasteiger partial charge in [0.05, 0.1) is 30.3 Å². The molecule has 1 aromatic rings. The molecule has 1 heterocycles. The van der Waals surface area contributed by atoms with E-state index in [1.807, 2.05) is 17.9 Å². The summed E-state index contributed by atoms with van der Waals surface area (Å²) in [5.74, 6) is 0. The molecule has 2 atom stereocenters. The van der Waals surface area contributed by atoms with Gasteiger partial charge in [-0.2, -0.15) is 0 Å². The standard InChI is InChI=1S/C14H20N2O4/c1-10-3-4-13(16(18)19)14(7-10)15-5-6-20-9-12(15)8-11(2)17/h3-4,7,11-12,17H,5-6,8-9H2,1-2H3. The number of benzene rings is 1. The van der Waals surface area contributed by atoms with E-state index in [1.54, 1.807) is 19.1 Å². The Labute approximate surface area is 118 Å². The first-order valence-corrected chi connectivity index (χ1v) is 6.76. The van der Waals surface area contributed by atoms with Crippen LogP contribution in [0.15, 0.2) is 18.2 Å². The Morgan fingerprint density at radius 3 is 3.00 bits per heavy atom. The molecule has 6 heteroatoms. The van der Waals surface area contributed by atoms with Gasteiger partial charge < -0.3 is 14.7 Å². The molecule has 2 unspecified atom stereocenters. The molecule has 0 amide bonds. The molecule has 0 saturated carbocycles. The summed E-state index contributed by atoms with van der Waals surface area (Å²) < 4.78 is 5.44. The minimum absolute atomic E-state index is 0.0377. The highest BCUT2D eigenvalue weighted by molar-refractivity contribution is 5.65. The van der Waals surface area contributed by atoms with Crippen molar-refractivity contribution in [3.63, 3.8) is 0 Å². The van der Waals surface area contributed by atoms with Crippen molar-refractivity contribution in [1.82, 2.24) is 0 Å². The van der Waals surface area contributed by atoms with Crippen LogP contribution in [0.1, 0.15) is 18.9 Å². The molecular weight excluding hydrogens is 260 g/mol. The van der Waals surface area contributed by atoms with Crippen LogP contribution in [0.4, 0.5) is 11.4 Å². The number of nitro groups is 1. The summed E-state index contributed by atoms with van der Waals surface area (Å²) in [5.41, 5.74) is 1.70. The number of hydrogen-bond acceptors (Lipinski definition) is 5. The molecule has 1 fully saturated rings. The minimum atomic E-state index is -0.465. The summed E-state index contributed by atoms with van der Waals surface area (Å²) in [5, 5.41) is 20.8. The highest BCUT2D eigenvalue weighted by Gasteiger charge is 2.29. The number of rotatable bonds is 4. The number of ether oxygens (including phenoxy) is 1. The lowest BCUT2D eigenvalue weighted by Crippen LogP contribution is -2.47. The number of nitrogens with zero attached hydrogens (tertiary/aromatic N) is 2. The van der Waals surface area contributed by atoms with Gasteiger partial charge in [-0.3, -0.25) is 10.1 Å². The second-order valence-electron chi connectivity index (χ2n) is 5.26. The molecule has 1 aliphatic heterocycles. The zero-order chi connectivity index (χ0) is 14.7. The van der Waals surface area contributed by atoms with E-state index in [0.29, 0.717) is 31.9 Å². The number of aryl methyl sites for hydroxylation is 1. The van der Waals surface area contributed by atoms with Gasteiger partial charge in [-0.15, -0.1) is 0 Å². The zero-order valence-electron chi connectivity index (χ0n) is 11.8. The van der Waals surface area contributed by atoms with Crippen LogP contribution in [0.25, 0.3) is 0 Å². The third-order valence-corrected chi connectivity index (χ3v) is 3.48. The van der Waals surface area contributed by atoms with Crippen LogP contribution in [-0.4, -0.2) is 41.9 Å². The number of nitro benzene ring substituents is 1. The Balaban J connectivity index is 2.36. The lowest BCUT2D eigenvalue weighted by molar-refractivity contribution is -0.384. The maximum absolute atomic E-state index is 11.2. The highest BCUT2D eigenvalue weighted by atomic mass is 16.6. The van der Waals surface area contributed by atoms with Crippen molar-refractivity contribution in [1.29, 1.82) is 0 Å². The van der Waals surface area contributed by atoms with E-state index in [9.17, 15) is 15.2 Å². The van der Waals surface area contributed by atoms with E-state index in [0.717, 1.165) is 5.56 Å². The Bertz CT molecular complexity index is 490. The number of morpholine rings is 1. The Kier molecular flexibility index (Phi) is 4.57. The first-order valence-electron chi connectivity index (χ1n) is 6.76. The third-order valence-electron chi connectivity index (χ3n) is 3.48. The molecule has 0 spiro atoms. The van der Waals surface area contributed by atoms with Gasteiger partial charge in [-0.1, -0.05) is 6.07 Å². The van der Waals surface area contributed by atoms with Crippen LogP contribution >= 0.6 is 0 Å². The zero-order valence-corrected chi connectivity index (χ0v) is 11.8. The summed E-state index contributed by atoms with van der Waals surface area (Å²) >= 11 is 0. The maximum atomic E-state index is 11.2. The second-order valence-corrected chi connectivity index (χ2v) is 5.26. The van der Waals surface area contributed by atoms with E-state index < -0.39 is 6.10 Å². The van der Waals surface area contributed by atoms with E-state index in [4.69, 9.17) is 4.74 Å². The van der Waals surface area contributed by atoms with Crippen molar-refractivity contribution in [3.05, 3.63) is 33.9 Å². The lowest BCUT2D eigenvalue weighted by atomic mass is 10.1. The van der Waals surface area contributed by atoms with E-state index >= 15 is 0 Å². The summed E-state index contributed by atoms with van der Waals surface area (Å²) in [6, 6.07) is 5.08. The van der Waals surface area contributed by atoms with E-state index in [1.165, 1.54) is 0 Å². The van der Waals surface area contributed by atoms with Crippen molar-refractivity contribution in [2.75, 3.05) is 24.7 Å². The first-order chi connectivity index (χ1) is 9.49. The predicted molar refractivity (Wildman–Crippen MR) is 76.1 cm³/mol. The van der Waals surface area contributed by atoms with Crippen LogP contribution in [-0.2, 0) is 4.74 Å². The fraction of sp³-hybridized carbons (Fsp3) is 0.571. The lowest BCUT2D eigenvalue weighted by Gasteiger charge is -2.37. The topological polar surface area (TPSA) is 75.8 Å². The summed E-state index contributed by atoms with van der Waals surface area (Å²) in [6.07, 6.45) is 0.0681. The smallest absolute Gasteiger partial charge is 0.292 e. The summed E-state index contributed by atoms with van der Waals surface area (Å²) in [7, 11) is 0. The van der Waals surface area contributed by atoms with Crippen LogP contribution in [0.5, 0.6) is 0 Å². The average molecular weight is 280 g/mol. The van der Waals surface area contributed by atoms with Crippen molar-refractivity contribution in [2.45, 2.75) is 32.4 Å². The SMILES string of the molecule is Cc1ccc([N+](=O)[O-])c(N2CCOCC2CC(C)O)c1. The Hall–Kier alpha value is -1.66. The second kappa shape index (κ2) is 6.19. The maximum Gasteiger partial charge on any atom is 0.292 e. The molecule has 0 aromatic heterocycles. The third kappa shape index (κ3) is 3.26. The van der Waals surface area contributed by atoms with Gasteiger partial charge in [0.25, 0.3) is 5.69 Å². The number of aliphatic hydroxyl groups excluding tert-OH is 1. The molecule has 0 radical (unpaired) electrons. The van der Waals surface area contributed by atoms with Gasteiger partial charge in [0.2, 0.25) is 0 Å². The molecule has 0 bridgehead atoms. The van der Waals surface area contributed by atoms with Gasteiger partial charge in [0, 0.05) is 12.6 Å². The molecule has 1 aliphatic rings. The monoisotopic (exact) mass is 280 g/mol. The fourth-order valence-corrected chi connectivity index (χ4v) is 2.58. The molecule has 2 rings (SSSR count). The van der Waals surface area contributed by atoms with Crippen molar-refractivity contribution < 1.29 is 14.8 Å². The summed E-state index contributed by atoms with van der Waals surface area (Å²) in [4.78, 5) is 12.8. The van der Waals surface area contributed by atoms with Crippen LogP contribution < -0.4 is 4.90 Å². The van der Waals surface area contributed by atoms with E-state index in [2.05, 4.69) is 0 Å². The largest absolute Gasteiger partial charge is 0.393 e. The van der Waals surface area contributed by atoms with Crippen LogP contribution in [0.2, 0.25) is 0 Å². The molecule has 1 saturated heterocycles. The van der Waals surface area contributed by atoms with Gasteiger partial charge >= 0.3 is 0 Å². The fourth-order valence-electron chi connectivity index (χ4n) is 2.58. The van der Waals surface area contributed by atoms with Crippen LogP contribution in [0, 0.1) is 17.0 Å². The number of aliphatic hydroxyl groups is 1. The molecular formula is C14H20N2O4. The highest BCUT2D eigenvalue weighted by Crippen LogP contribution is 2.32. The Morgan fingerprint density at radius 1 is 1.60 bits per heavy atom. The van der Waals surface area contributed by atoms with Gasteiger partial charge in [-0.25, -0.2) is 0 Å². The van der Waals surface area contributed by atoms with Crippen molar-refractivity contribution in [2.24, 2.45) is 0 Å². The van der Waals surface area contributed by atoms with Crippen molar-refractivity contribution in [3.8, 4) is 0 Å². The van der Waals surface area contributed by atoms with Gasteiger partial charge in [0.15, 0.2) is 0 Å². The number of hydrogen-bond donors (Lipinski definition) is 1. The molecule has 0 aliphatic carbocycles. The predicted octanol–water partition coefficient (Wildman–Crippen LogP) is 1.88. The minimum Gasteiger partial charge on any atom is -0.393 e. The van der Waals surface area contributed by atoms with Crippen LogP contribution in [0.3, 0.4) is 0 Å². The average Bonchev–Trinajstić information content (AvgIpc) is 2.38. The molecule has 1 aromatic carbocycles. The van der Waals surface area contributed by atoms with Gasteiger partial charge in [-0.05, 0) is 31.9 Å². The molecule has 1 N–H and O–H groups in total. The number of anilines is 1. The molecule has 6 nitrogen and oxygen atoms in total. The van der Waals surface area contributed by atoms with Gasteiger partial charge in [0.1, 0.15) is 5.69 Å². The first kappa shape index (κ1) is 14.7. The van der Waals surface area contributed by atoms with E-state index in [-0.39, 0.29) is 16.7 Å². The summed E-state index contributed by atoms with van der Waals surface area (Å²) in [6.45, 7) is 5.26. The quantitative estimate of drug-likeness (QED) is 0.673. The molecule has 20 heavy (non-hydrogen) atoms. The Morgan fingerprint density at radius 2 is 2.35 bits per heavy atom.